The summed E-state index contributed by atoms with van der Waals surface area (Å²) in [5.74, 6) is -1.52. The molecule has 0 unspecified atom stereocenters. The van der Waals surface area contributed by atoms with Crippen LogP contribution >= 0.6 is 0 Å². The number of rotatable bonds is 7. The van der Waals surface area contributed by atoms with Gasteiger partial charge in [-0.2, -0.15) is 0 Å². The number of hydrogen-bond donors (Lipinski definition) is 3. The first-order valence-corrected chi connectivity index (χ1v) is 5.44. The fourth-order valence-electron chi connectivity index (χ4n) is 1.42. The number of nitrogens with one attached hydrogen (secondary N) is 1. The zero-order valence-corrected chi connectivity index (χ0v) is 10.1. The number of ether oxygens (including phenoxy) is 1. The molecule has 18 heavy (non-hydrogen) atoms. The molecule has 0 aliphatic carbocycles. The topological polar surface area (TPSA) is 102 Å². The summed E-state index contributed by atoms with van der Waals surface area (Å²) < 4.78 is 4.96. The molecule has 0 bridgehead atoms. The summed E-state index contributed by atoms with van der Waals surface area (Å²) in [6.45, 7) is 2.41. The van der Waals surface area contributed by atoms with E-state index in [2.05, 4.69) is 5.32 Å². The van der Waals surface area contributed by atoms with Crippen molar-refractivity contribution in [1.82, 2.24) is 0 Å². The van der Waals surface area contributed by atoms with Crippen molar-refractivity contribution in [2.45, 2.75) is 6.92 Å². The Morgan fingerprint density at radius 1 is 1.44 bits per heavy atom. The van der Waals surface area contributed by atoms with Crippen molar-refractivity contribution >= 4 is 17.6 Å². The third kappa shape index (κ3) is 4.42. The smallest absolute Gasteiger partial charge is 0.337 e. The van der Waals surface area contributed by atoms with Gasteiger partial charge in [0.05, 0.1) is 12.2 Å². The monoisotopic (exact) mass is 252 g/mol. The first-order chi connectivity index (χ1) is 8.50. The van der Waals surface area contributed by atoms with Crippen LogP contribution in [0.5, 0.6) is 0 Å². The minimum atomic E-state index is -0.990. The van der Waals surface area contributed by atoms with Crippen LogP contribution in [0.15, 0.2) is 18.2 Å². The number of carboxylic acid groups (broad SMARTS) is 1. The highest BCUT2D eigenvalue weighted by Crippen LogP contribution is 2.17. The number of aromatic carboxylic acids is 1. The van der Waals surface area contributed by atoms with Crippen LogP contribution in [0.3, 0.4) is 0 Å². The summed E-state index contributed by atoms with van der Waals surface area (Å²) in [4.78, 5) is 21.4. The second-order valence-corrected chi connectivity index (χ2v) is 3.80. The van der Waals surface area contributed by atoms with Crippen molar-refractivity contribution in [1.29, 1.82) is 0 Å². The molecule has 4 N–H and O–H groups in total. The van der Waals surface area contributed by atoms with Crippen LogP contribution in [0, 0.1) is 6.92 Å². The molecule has 0 aromatic heterocycles. The van der Waals surface area contributed by atoms with Gasteiger partial charge in [-0.05, 0) is 24.6 Å². The quantitative estimate of drug-likeness (QED) is 0.617. The van der Waals surface area contributed by atoms with Crippen LogP contribution in [0.25, 0.3) is 0 Å². The number of primary amides is 1. The van der Waals surface area contributed by atoms with E-state index >= 15 is 0 Å². The standard InChI is InChI=1S/C12H16N2O4/c1-8-2-3-9(12(16)17)10(6-8)14-4-5-18-7-11(13)15/h2-3,6,14H,4-5,7H2,1H3,(H2,13,15)(H,16,17). The maximum Gasteiger partial charge on any atom is 0.337 e. The fourth-order valence-corrected chi connectivity index (χ4v) is 1.42. The molecule has 0 heterocycles. The Morgan fingerprint density at radius 3 is 2.78 bits per heavy atom. The number of carboxylic acids is 1. The highest BCUT2D eigenvalue weighted by Gasteiger charge is 2.09. The number of amides is 1. The van der Waals surface area contributed by atoms with Gasteiger partial charge in [0.1, 0.15) is 6.61 Å². The third-order valence-corrected chi connectivity index (χ3v) is 2.21. The summed E-state index contributed by atoms with van der Waals surface area (Å²) in [6, 6.07) is 5.03. The summed E-state index contributed by atoms with van der Waals surface area (Å²) in [5.41, 5.74) is 6.60. The molecule has 0 aliphatic heterocycles. The van der Waals surface area contributed by atoms with Gasteiger partial charge in [0.2, 0.25) is 5.91 Å². The van der Waals surface area contributed by atoms with Crippen LogP contribution < -0.4 is 11.1 Å². The summed E-state index contributed by atoms with van der Waals surface area (Å²) in [5, 5.41) is 12.0. The van der Waals surface area contributed by atoms with Gasteiger partial charge < -0.3 is 20.9 Å². The van der Waals surface area contributed by atoms with Crippen LogP contribution in [-0.2, 0) is 9.53 Å². The largest absolute Gasteiger partial charge is 0.478 e. The normalized spacial score (nSPS) is 10.1. The molecule has 0 saturated heterocycles. The highest BCUT2D eigenvalue weighted by molar-refractivity contribution is 5.94. The minimum Gasteiger partial charge on any atom is -0.478 e. The molecule has 1 aromatic rings. The Bertz CT molecular complexity index is 446. The van der Waals surface area contributed by atoms with Crippen molar-refractivity contribution < 1.29 is 19.4 Å². The Labute approximate surface area is 105 Å². The van der Waals surface area contributed by atoms with Crippen LogP contribution in [0.4, 0.5) is 5.69 Å². The van der Waals surface area contributed by atoms with Crippen molar-refractivity contribution in [3.05, 3.63) is 29.3 Å². The summed E-state index contributed by atoms with van der Waals surface area (Å²) in [7, 11) is 0. The molecule has 6 nitrogen and oxygen atoms in total. The van der Waals surface area contributed by atoms with Crippen LogP contribution in [0.2, 0.25) is 0 Å². The van der Waals surface area contributed by atoms with Gasteiger partial charge in [-0.15, -0.1) is 0 Å². The van der Waals surface area contributed by atoms with Gasteiger partial charge in [-0.3, -0.25) is 4.79 Å². The molecule has 1 aromatic carbocycles. The molecule has 98 valence electrons. The van der Waals surface area contributed by atoms with Gasteiger partial charge in [0, 0.05) is 12.2 Å². The number of carbonyl (C=O) groups is 2. The number of aryl methyl sites for hydroxylation is 1. The van der Waals surface area contributed by atoms with E-state index in [4.69, 9.17) is 15.6 Å². The van der Waals surface area contributed by atoms with Crippen molar-refractivity contribution in [2.75, 3.05) is 25.1 Å². The van der Waals surface area contributed by atoms with E-state index in [-0.39, 0.29) is 18.8 Å². The molecule has 1 rings (SSSR count). The van der Waals surface area contributed by atoms with Crippen molar-refractivity contribution in [3.8, 4) is 0 Å². The molecule has 0 aliphatic rings. The van der Waals surface area contributed by atoms with E-state index < -0.39 is 11.9 Å². The lowest BCUT2D eigenvalue weighted by molar-refractivity contribution is -0.122. The van der Waals surface area contributed by atoms with E-state index in [9.17, 15) is 9.59 Å². The molecule has 6 heteroatoms. The molecular formula is C12H16N2O4. The van der Waals surface area contributed by atoms with E-state index in [1.54, 1.807) is 18.2 Å². The Balaban J connectivity index is 2.53. The average Bonchev–Trinajstić information content (AvgIpc) is 2.27. The van der Waals surface area contributed by atoms with E-state index in [0.29, 0.717) is 12.2 Å². The zero-order chi connectivity index (χ0) is 13.5. The second kappa shape index (κ2) is 6.61. The fraction of sp³-hybridized carbons (Fsp3) is 0.333. The summed E-state index contributed by atoms with van der Waals surface area (Å²) in [6.07, 6.45) is 0. The van der Waals surface area contributed by atoms with Gasteiger partial charge >= 0.3 is 5.97 Å². The lowest BCUT2D eigenvalue weighted by Crippen LogP contribution is -2.21. The number of anilines is 1. The van der Waals surface area contributed by atoms with Gasteiger partial charge in [0.25, 0.3) is 0 Å². The molecule has 0 saturated carbocycles. The first kappa shape index (κ1) is 14.0. The predicted molar refractivity (Wildman–Crippen MR) is 66.6 cm³/mol. The van der Waals surface area contributed by atoms with Gasteiger partial charge in [-0.1, -0.05) is 6.07 Å². The number of nitrogens with two attached hydrogens (primary N) is 1. The van der Waals surface area contributed by atoms with Gasteiger partial charge in [-0.25, -0.2) is 4.79 Å². The zero-order valence-electron chi connectivity index (χ0n) is 10.1. The maximum absolute atomic E-state index is 11.0. The van der Waals surface area contributed by atoms with Crippen LogP contribution in [-0.4, -0.2) is 36.7 Å². The Kier molecular flexibility index (Phi) is 5.13. The third-order valence-electron chi connectivity index (χ3n) is 2.21. The predicted octanol–water partition coefficient (Wildman–Crippen LogP) is 0.607. The SMILES string of the molecule is Cc1ccc(C(=O)O)c(NCCOCC(N)=O)c1. The van der Waals surface area contributed by atoms with E-state index in [1.165, 1.54) is 0 Å². The molecular weight excluding hydrogens is 236 g/mol. The van der Waals surface area contributed by atoms with E-state index in [1.807, 2.05) is 6.92 Å². The Morgan fingerprint density at radius 2 is 2.17 bits per heavy atom. The number of carbonyl (C=O) groups excluding carboxylic acids is 1. The average molecular weight is 252 g/mol. The lowest BCUT2D eigenvalue weighted by atomic mass is 10.1. The molecule has 0 fully saturated rings. The van der Waals surface area contributed by atoms with Crippen molar-refractivity contribution in [3.63, 3.8) is 0 Å². The van der Waals surface area contributed by atoms with E-state index in [0.717, 1.165) is 5.56 Å². The highest BCUT2D eigenvalue weighted by atomic mass is 16.5. The Hall–Kier alpha value is -2.08. The van der Waals surface area contributed by atoms with Gasteiger partial charge in [0.15, 0.2) is 0 Å². The first-order valence-electron chi connectivity index (χ1n) is 5.44. The lowest BCUT2D eigenvalue weighted by Gasteiger charge is -2.10. The number of benzene rings is 1. The summed E-state index contributed by atoms with van der Waals surface area (Å²) >= 11 is 0. The molecule has 0 spiro atoms. The molecule has 1 amide bonds. The molecule has 0 atom stereocenters. The van der Waals surface area contributed by atoms with Crippen LogP contribution in [0.1, 0.15) is 15.9 Å². The number of hydrogen-bond acceptors (Lipinski definition) is 4. The maximum atomic E-state index is 11.0. The molecule has 0 radical (unpaired) electrons. The van der Waals surface area contributed by atoms with Crippen molar-refractivity contribution in [2.24, 2.45) is 5.73 Å². The second-order valence-electron chi connectivity index (χ2n) is 3.80. The minimum absolute atomic E-state index is 0.138.